The monoisotopic (exact) mass is 191 g/mol. The highest BCUT2D eigenvalue weighted by molar-refractivity contribution is 5.50. The van der Waals surface area contributed by atoms with Gasteiger partial charge in [0.1, 0.15) is 5.75 Å². The summed E-state index contributed by atoms with van der Waals surface area (Å²) in [6.07, 6.45) is 1.73. The van der Waals surface area contributed by atoms with Crippen LogP contribution in [0.15, 0.2) is 24.3 Å². The maximum absolute atomic E-state index is 10.4. The smallest absolute Gasteiger partial charge is 0.207 e. The van der Waals surface area contributed by atoms with Crippen molar-refractivity contribution in [3.63, 3.8) is 0 Å². The molecular weight excluding hydrogens is 178 g/mol. The third kappa shape index (κ3) is 1.58. The summed E-state index contributed by atoms with van der Waals surface area (Å²) >= 11 is 0. The average molecular weight is 191 g/mol. The van der Waals surface area contributed by atoms with Crippen LogP contribution in [0.25, 0.3) is 0 Å². The van der Waals surface area contributed by atoms with Gasteiger partial charge in [0.2, 0.25) is 6.41 Å². The molecule has 0 bridgehead atoms. The highest BCUT2D eigenvalue weighted by atomic mass is 16.5. The first-order chi connectivity index (χ1) is 6.81. The molecule has 1 amide bonds. The van der Waals surface area contributed by atoms with Gasteiger partial charge in [-0.05, 0) is 13.0 Å². The molecule has 1 aliphatic rings. The van der Waals surface area contributed by atoms with Crippen molar-refractivity contribution in [3.05, 3.63) is 29.8 Å². The van der Waals surface area contributed by atoms with Crippen LogP contribution >= 0.6 is 0 Å². The number of para-hydroxylation sites is 1. The Morgan fingerprint density at radius 2 is 2.29 bits per heavy atom. The normalized spacial score (nSPS) is 24.6. The van der Waals surface area contributed by atoms with Crippen LogP contribution in [-0.2, 0) is 4.79 Å². The first-order valence-electron chi connectivity index (χ1n) is 4.76. The Labute approximate surface area is 83.1 Å². The standard InChI is InChI=1S/C11H13NO2/c1-8-6-10(12-7-13)9-4-2-3-5-11(9)14-8/h2-5,7-8,10H,6H2,1H3,(H,12,13)/t8-,10-/m0/s1. The summed E-state index contributed by atoms with van der Waals surface area (Å²) in [6.45, 7) is 2.01. The second kappa shape index (κ2) is 3.70. The maximum Gasteiger partial charge on any atom is 0.207 e. The van der Waals surface area contributed by atoms with Gasteiger partial charge in [0.25, 0.3) is 0 Å². The van der Waals surface area contributed by atoms with Crippen molar-refractivity contribution in [2.45, 2.75) is 25.5 Å². The lowest BCUT2D eigenvalue weighted by atomic mass is 9.97. The van der Waals surface area contributed by atoms with Crippen LogP contribution in [0.1, 0.15) is 24.9 Å². The number of amides is 1. The lowest BCUT2D eigenvalue weighted by molar-refractivity contribution is -0.110. The van der Waals surface area contributed by atoms with Gasteiger partial charge in [0.15, 0.2) is 0 Å². The van der Waals surface area contributed by atoms with E-state index in [4.69, 9.17) is 4.74 Å². The second-order valence-electron chi connectivity index (χ2n) is 3.54. The van der Waals surface area contributed by atoms with Crippen LogP contribution < -0.4 is 10.1 Å². The fraction of sp³-hybridized carbons (Fsp3) is 0.364. The maximum atomic E-state index is 10.4. The van der Waals surface area contributed by atoms with E-state index < -0.39 is 0 Å². The van der Waals surface area contributed by atoms with E-state index in [1.807, 2.05) is 31.2 Å². The fourth-order valence-electron chi connectivity index (χ4n) is 1.84. The lowest BCUT2D eigenvalue weighted by Gasteiger charge is -2.29. The predicted molar refractivity (Wildman–Crippen MR) is 53.1 cm³/mol. The summed E-state index contributed by atoms with van der Waals surface area (Å²) in [7, 11) is 0. The van der Waals surface area contributed by atoms with Gasteiger partial charge in [-0.25, -0.2) is 0 Å². The van der Waals surface area contributed by atoms with Gasteiger partial charge < -0.3 is 10.1 Å². The van der Waals surface area contributed by atoms with E-state index in [0.717, 1.165) is 24.1 Å². The number of ether oxygens (including phenoxy) is 1. The van der Waals surface area contributed by atoms with Crippen molar-refractivity contribution < 1.29 is 9.53 Å². The van der Waals surface area contributed by atoms with Gasteiger partial charge >= 0.3 is 0 Å². The lowest BCUT2D eigenvalue weighted by Crippen LogP contribution is -2.30. The molecule has 1 aliphatic heterocycles. The number of carbonyl (C=O) groups excluding carboxylic acids is 1. The SMILES string of the molecule is C[C@H]1C[C@H](NC=O)c2ccccc2O1. The predicted octanol–water partition coefficient (Wildman–Crippen LogP) is 1.64. The molecule has 1 heterocycles. The van der Waals surface area contributed by atoms with Crippen LogP contribution in [0.5, 0.6) is 5.75 Å². The molecular formula is C11H13NO2. The van der Waals surface area contributed by atoms with E-state index in [9.17, 15) is 4.79 Å². The third-order valence-electron chi connectivity index (χ3n) is 2.46. The zero-order valence-electron chi connectivity index (χ0n) is 8.07. The number of carbonyl (C=O) groups is 1. The molecule has 0 saturated carbocycles. The zero-order chi connectivity index (χ0) is 9.97. The third-order valence-corrected chi connectivity index (χ3v) is 2.46. The molecule has 0 unspecified atom stereocenters. The Bertz CT molecular complexity index is 338. The molecule has 74 valence electrons. The number of benzene rings is 1. The van der Waals surface area contributed by atoms with Crippen molar-refractivity contribution in [1.29, 1.82) is 0 Å². The summed E-state index contributed by atoms with van der Waals surface area (Å²) < 4.78 is 5.65. The van der Waals surface area contributed by atoms with Gasteiger partial charge in [-0.1, -0.05) is 18.2 Å². The topological polar surface area (TPSA) is 38.3 Å². The largest absolute Gasteiger partial charge is 0.490 e. The quantitative estimate of drug-likeness (QED) is 0.722. The minimum absolute atomic E-state index is 0.0902. The Hall–Kier alpha value is -1.51. The van der Waals surface area contributed by atoms with E-state index in [-0.39, 0.29) is 12.1 Å². The van der Waals surface area contributed by atoms with Gasteiger partial charge in [0.05, 0.1) is 12.1 Å². The van der Waals surface area contributed by atoms with Crippen molar-refractivity contribution in [2.24, 2.45) is 0 Å². The molecule has 2 atom stereocenters. The Kier molecular flexibility index (Phi) is 2.39. The molecule has 1 N–H and O–H groups in total. The van der Waals surface area contributed by atoms with Crippen molar-refractivity contribution in [3.8, 4) is 5.75 Å². The molecule has 3 nitrogen and oxygen atoms in total. The number of nitrogens with one attached hydrogen (secondary N) is 1. The van der Waals surface area contributed by atoms with Gasteiger partial charge in [-0.3, -0.25) is 4.79 Å². The highest BCUT2D eigenvalue weighted by Crippen LogP contribution is 2.33. The number of rotatable bonds is 2. The van der Waals surface area contributed by atoms with Crippen molar-refractivity contribution in [1.82, 2.24) is 5.32 Å². The van der Waals surface area contributed by atoms with E-state index >= 15 is 0 Å². The average Bonchev–Trinajstić information content (AvgIpc) is 2.18. The molecule has 0 aliphatic carbocycles. The molecule has 0 aromatic heterocycles. The first kappa shape index (κ1) is 9.06. The fourth-order valence-corrected chi connectivity index (χ4v) is 1.84. The first-order valence-corrected chi connectivity index (χ1v) is 4.76. The number of hydrogen-bond acceptors (Lipinski definition) is 2. The molecule has 0 radical (unpaired) electrons. The summed E-state index contributed by atoms with van der Waals surface area (Å²) in [5.41, 5.74) is 1.07. The van der Waals surface area contributed by atoms with Crippen LogP contribution in [0.2, 0.25) is 0 Å². The van der Waals surface area contributed by atoms with Crippen LogP contribution in [0.3, 0.4) is 0 Å². The van der Waals surface area contributed by atoms with Gasteiger partial charge in [0, 0.05) is 12.0 Å². The summed E-state index contributed by atoms with van der Waals surface area (Å²) in [4.78, 5) is 10.4. The molecule has 3 heteroatoms. The molecule has 1 aromatic rings. The molecule has 0 spiro atoms. The molecule has 2 rings (SSSR count). The minimum atomic E-state index is 0.0902. The van der Waals surface area contributed by atoms with E-state index in [1.54, 1.807) is 0 Å². The number of fused-ring (bicyclic) bond motifs is 1. The van der Waals surface area contributed by atoms with E-state index in [0.29, 0.717) is 0 Å². The number of hydrogen-bond donors (Lipinski definition) is 1. The summed E-state index contributed by atoms with van der Waals surface area (Å²) in [5, 5.41) is 2.81. The molecule has 14 heavy (non-hydrogen) atoms. The minimum Gasteiger partial charge on any atom is -0.490 e. The Morgan fingerprint density at radius 3 is 3.07 bits per heavy atom. The summed E-state index contributed by atoms with van der Waals surface area (Å²) in [5.74, 6) is 0.880. The summed E-state index contributed by atoms with van der Waals surface area (Å²) in [6, 6.07) is 7.91. The van der Waals surface area contributed by atoms with Crippen LogP contribution in [-0.4, -0.2) is 12.5 Å². The molecule has 0 fully saturated rings. The Balaban J connectivity index is 2.33. The highest BCUT2D eigenvalue weighted by Gasteiger charge is 2.24. The van der Waals surface area contributed by atoms with Crippen LogP contribution in [0, 0.1) is 0 Å². The Morgan fingerprint density at radius 1 is 1.50 bits per heavy atom. The second-order valence-corrected chi connectivity index (χ2v) is 3.54. The molecule has 1 aromatic carbocycles. The van der Waals surface area contributed by atoms with Gasteiger partial charge in [-0.2, -0.15) is 0 Å². The molecule has 0 saturated heterocycles. The van der Waals surface area contributed by atoms with Crippen LogP contribution in [0.4, 0.5) is 0 Å². The van der Waals surface area contributed by atoms with Gasteiger partial charge in [-0.15, -0.1) is 0 Å². The van der Waals surface area contributed by atoms with Crippen molar-refractivity contribution in [2.75, 3.05) is 0 Å². The van der Waals surface area contributed by atoms with E-state index in [2.05, 4.69) is 5.32 Å². The zero-order valence-corrected chi connectivity index (χ0v) is 8.07. The van der Waals surface area contributed by atoms with E-state index in [1.165, 1.54) is 0 Å². The van der Waals surface area contributed by atoms with Crippen molar-refractivity contribution >= 4 is 6.41 Å².